The first-order valence-electron chi connectivity index (χ1n) is 7.06. The van der Waals surface area contributed by atoms with E-state index in [4.69, 9.17) is 16.7 Å². The molecular formula is C15H19ClN2O3. The number of hydrogen-bond acceptors (Lipinski definition) is 2. The zero-order valence-corrected chi connectivity index (χ0v) is 12.6. The van der Waals surface area contributed by atoms with Gasteiger partial charge in [-0.1, -0.05) is 37.4 Å². The Bertz CT molecular complexity index is 548. The molecule has 5 nitrogen and oxygen atoms in total. The van der Waals surface area contributed by atoms with Crippen molar-refractivity contribution in [2.45, 2.75) is 38.6 Å². The maximum atomic E-state index is 12.0. The Balaban J connectivity index is 2.03. The quantitative estimate of drug-likeness (QED) is 0.795. The number of rotatable bonds is 3. The standard InChI is InChI=1S/C15H19ClN2O3/c1-9-4-2-5-10(8-9)17-15(21)18-12-7-3-6-11(16)13(12)14(19)20/h3,6-7,9-10H,2,4-5,8H2,1H3,(H,19,20)(H2,17,18,21). The van der Waals surface area contributed by atoms with Crippen molar-refractivity contribution in [2.75, 3.05) is 5.32 Å². The lowest BCUT2D eigenvalue weighted by Gasteiger charge is -2.27. The molecule has 0 aliphatic heterocycles. The molecule has 1 aromatic carbocycles. The first-order chi connectivity index (χ1) is 9.97. The van der Waals surface area contributed by atoms with Crippen molar-refractivity contribution in [1.82, 2.24) is 5.32 Å². The summed E-state index contributed by atoms with van der Waals surface area (Å²) in [6.07, 6.45) is 4.20. The number of carbonyl (C=O) groups excluding carboxylic acids is 1. The molecule has 114 valence electrons. The van der Waals surface area contributed by atoms with Crippen molar-refractivity contribution >= 4 is 29.3 Å². The van der Waals surface area contributed by atoms with Crippen molar-refractivity contribution in [2.24, 2.45) is 5.92 Å². The van der Waals surface area contributed by atoms with Crippen LogP contribution in [0.1, 0.15) is 43.0 Å². The number of anilines is 1. The van der Waals surface area contributed by atoms with E-state index < -0.39 is 5.97 Å². The monoisotopic (exact) mass is 310 g/mol. The fourth-order valence-electron chi connectivity index (χ4n) is 2.75. The van der Waals surface area contributed by atoms with E-state index in [9.17, 15) is 9.59 Å². The molecule has 2 amide bonds. The summed E-state index contributed by atoms with van der Waals surface area (Å²) in [5.41, 5.74) is 0.114. The van der Waals surface area contributed by atoms with Crippen molar-refractivity contribution in [3.8, 4) is 0 Å². The highest BCUT2D eigenvalue weighted by atomic mass is 35.5. The topological polar surface area (TPSA) is 78.4 Å². The average Bonchev–Trinajstić information content (AvgIpc) is 2.37. The van der Waals surface area contributed by atoms with Gasteiger partial charge in [-0.2, -0.15) is 0 Å². The van der Waals surface area contributed by atoms with E-state index in [1.54, 1.807) is 6.07 Å². The number of carbonyl (C=O) groups is 2. The highest BCUT2D eigenvalue weighted by molar-refractivity contribution is 6.34. The van der Waals surface area contributed by atoms with Crippen LogP contribution in [0.3, 0.4) is 0 Å². The number of urea groups is 1. The van der Waals surface area contributed by atoms with Crippen LogP contribution in [0, 0.1) is 5.92 Å². The lowest BCUT2D eigenvalue weighted by molar-refractivity contribution is 0.0698. The van der Waals surface area contributed by atoms with Crippen LogP contribution in [0.25, 0.3) is 0 Å². The maximum absolute atomic E-state index is 12.0. The van der Waals surface area contributed by atoms with Gasteiger partial charge in [0.2, 0.25) is 0 Å². The van der Waals surface area contributed by atoms with E-state index in [-0.39, 0.29) is 28.3 Å². The Morgan fingerprint density at radius 3 is 2.76 bits per heavy atom. The molecule has 1 fully saturated rings. The maximum Gasteiger partial charge on any atom is 0.339 e. The van der Waals surface area contributed by atoms with Crippen molar-refractivity contribution in [1.29, 1.82) is 0 Å². The zero-order valence-electron chi connectivity index (χ0n) is 11.9. The Labute approximate surface area is 128 Å². The van der Waals surface area contributed by atoms with Crippen LogP contribution >= 0.6 is 11.6 Å². The average molecular weight is 311 g/mol. The molecule has 0 saturated heterocycles. The van der Waals surface area contributed by atoms with Crippen LogP contribution in [0.2, 0.25) is 5.02 Å². The van der Waals surface area contributed by atoms with Crippen LogP contribution < -0.4 is 10.6 Å². The molecule has 21 heavy (non-hydrogen) atoms. The van der Waals surface area contributed by atoms with Gasteiger partial charge in [0.15, 0.2) is 0 Å². The van der Waals surface area contributed by atoms with Gasteiger partial charge in [-0.05, 0) is 30.9 Å². The van der Waals surface area contributed by atoms with Gasteiger partial charge in [-0.15, -0.1) is 0 Å². The second-order valence-electron chi connectivity index (χ2n) is 5.53. The summed E-state index contributed by atoms with van der Waals surface area (Å²) in [5, 5.41) is 14.7. The molecule has 0 heterocycles. The predicted molar refractivity (Wildman–Crippen MR) is 82.0 cm³/mol. The van der Waals surface area contributed by atoms with Gasteiger partial charge >= 0.3 is 12.0 Å². The molecule has 2 unspecified atom stereocenters. The first kappa shape index (κ1) is 15.6. The third-order valence-electron chi connectivity index (χ3n) is 3.75. The lowest BCUT2D eigenvalue weighted by Crippen LogP contribution is -2.40. The van der Waals surface area contributed by atoms with Gasteiger partial charge in [0.05, 0.1) is 10.7 Å². The molecule has 1 aliphatic rings. The summed E-state index contributed by atoms with van der Waals surface area (Å²) in [6, 6.07) is 4.36. The minimum atomic E-state index is -1.16. The molecule has 2 rings (SSSR count). The Morgan fingerprint density at radius 1 is 1.33 bits per heavy atom. The molecule has 3 N–H and O–H groups in total. The van der Waals surface area contributed by atoms with E-state index in [2.05, 4.69) is 17.6 Å². The summed E-state index contributed by atoms with van der Waals surface area (Å²) in [5.74, 6) is -0.563. The minimum Gasteiger partial charge on any atom is -0.478 e. The summed E-state index contributed by atoms with van der Waals surface area (Å²) in [4.78, 5) is 23.2. The number of aromatic carboxylic acids is 1. The summed E-state index contributed by atoms with van der Waals surface area (Å²) in [6.45, 7) is 2.17. The third-order valence-corrected chi connectivity index (χ3v) is 4.06. The van der Waals surface area contributed by atoms with E-state index >= 15 is 0 Å². The van der Waals surface area contributed by atoms with Gasteiger partial charge in [0.25, 0.3) is 0 Å². The van der Waals surface area contributed by atoms with Crippen LogP contribution in [0.5, 0.6) is 0 Å². The number of amides is 2. The van der Waals surface area contributed by atoms with Crippen LogP contribution in [-0.4, -0.2) is 23.1 Å². The fourth-order valence-corrected chi connectivity index (χ4v) is 3.01. The predicted octanol–water partition coefficient (Wildman–Crippen LogP) is 3.74. The molecule has 0 bridgehead atoms. The SMILES string of the molecule is CC1CCCC(NC(=O)Nc2cccc(Cl)c2C(=O)O)C1. The summed E-state index contributed by atoms with van der Waals surface area (Å²) >= 11 is 5.87. The molecular weight excluding hydrogens is 292 g/mol. The van der Waals surface area contributed by atoms with Gasteiger partial charge < -0.3 is 15.7 Å². The Morgan fingerprint density at radius 2 is 2.10 bits per heavy atom. The smallest absolute Gasteiger partial charge is 0.339 e. The van der Waals surface area contributed by atoms with E-state index in [0.29, 0.717) is 5.92 Å². The number of hydrogen-bond donors (Lipinski definition) is 3. The largest absolute Gasteiger partial charge is 0.478 e. The molecule has 2 atom stereocenters. The van der Waals surface area contributed by atoms with E-state index in [0.717, 1.165) is 19.3 Å². The van der Waals surface area contributed by atoms with Crippen LogP contribution in [-0.2, 0) is 0 Å². The van der Waals surface area contributed by atoms with Crippen molar-refractivity contribution in [3.63, 3.8) is 0 Å². The third kappa shape index (κ3) is 4.11. The molecule has 6 heteroatoms. The van der Waals surface area contributed by atoms with Crippen LogP contribution in [0.15, 0.2) is 18.2 Å². The first-order valence-corrected chi connectivity index (χ1v) is 7.44. The highest BCUT2D eigenvalue weighted by Crippen LogP contribution is 2.25. The number of carboxylic acid groups (broad SMARTS) is 1. The molecule has 1 saturated carbocycles. The molecule has 1 aromatic rings. The van der Waals surface area contributed by atoms with Crippen LogP contribution in [0.4, 0.5) is 10.5 Å². The van der Waals surface area contributed by atoms with E-state index in [1.807, 2.05) is 0 Å². The number of nitrogens with one attached hydrogen (secondary N) is 2. The summed E-state index contributed by atoms with van der Waals surface area (Å²) in [7, 11) is 0. The molecule has 0 spiro atoms. The van der Waals surface area contributed by atoms with Crippen molar-refractivity contribution in [3.05, 3.63) is 28.8 Å². The van der Waals surface area contributed by atoms with Crippen molar-refractivity contribution < 1.29 is 14.7 Å². The highest BCUT2D eigenvalue weighted by Gasteiger charge is 2.21. The van der Waals surface area contributed by atoms with Gasteiger partial charge in [0, 0.05) is 6.04 Å². The number of halogens is 1. The number of carboxylic acids is 1. The Hall–Kier alpha value is -1.75. The molecule has 1 aliphatic carbocycles. The zero-order chi connectivity index (χ0) is 15.4. The number of benzene rings is 1. The molecule has 0 radical (unpaired) electrons. The second kappa shape index (κ2) is 6.80. The normalized spacial score (nSPS) is 21.6. The van der Waals surface area contributed by atoms with E-state index in [1.165, 1.54) is 18.6 Å². The van der Waals surface area contributed by atoms with Gasteiger partial charge in [-0.3, -0.25) is 0 Å². The minimum absolute atomic E-state index is 0.0914. The Kier molecular flexibility index (Phi) is 5.07. The lowest BCUT2D eigenvalue weighted by atomic mass is 9.87. The van der Waals surface area contributed by atoms with Gasteiger partial charge in [-0.25, -0.2) is 9.59 Å². The summed E-state index contributed by atoms with van der Waals surface area (Å²) < 4.78 is 0. The molecule has 0 aromatic heterocycles. The fraction of sp³-hybridized carbons (Fsp3) is 0.467. The van der Waals surface area contributed by atoms with Gasteiger partial charge in [0.1, 0.15) is 5.56 Å². The second-order valence-corrected chi connectivity index (χ2v) is 5.94.